The van der Waals surface area contributed by atoms with E-state index in [1.807, 2.05) is 18.2 Å². The van der Waals surface area contributed by atoms with E-state index >= 15 is 0 Å². The molecule has 5 nitrogen and oxygen atoms in total. The van der Waals surface area contributed by atoms with E-state index in [4.69, 9.17) is 0 Å². The highest BCUT2D eigenvalue weighted by molar-refractivity contribution is 6.05. The second kappa shape index (κ2) is 9.36. The first-order chi connectivity index (χ1) is 12.2. The fourth-order valence-corrected chi connectivity index (χ4v) is 3.15. The third kappa shape index (κ3) is 5.07. The highest BCUT2D eigenvalue weighted by Gasteiger charge is 2.16. The molecule has 2 amide bonds. The molecule has 2 aromatic rings. The Balaban J connectivity index is 0.00000243. The van der Waals surface area contributed by atoms with Gasteiger partial charge in [0.05, 0.1) is 0 Å². The molecule has 0 bridgehead atoms. The number of carbonyl (C=O) groups is 2. The standard InChI is InChI=1S/C20H23N3O2.ClH/c1-21-19(24)17-6-3-7-18(12-17)23-20(25)16-5-2-4-14(11-16)10-15-8-9-22-13-15;/h2-7,11-12,15,22H,8-10,13H2,1H3,(H,21,24)(H,23,25);1H. The van der Waals surface area contributed by atoms with Gasteiger partial charge in [0.15, 0.2) is 0 Å². The quantitative estimate of drug-likeness (QED) is 0.754. The van der Waals surface area contributed by atoms with Crippen LogP contribution in [0.2, 0.25) is 0 Å². The maximum Gasteiger partial charge on any atom is 0.255 e. The summed E-state index contributed by atoms with van der Waals surface area (Å²) in [5, 5.41) is 8.82. The second-order valence-corrected chi connectivity index (χ2v) is 6.38. The summed E-state index contributed by atoms with van der Waals surface area (Å²) < 4.78 is 0. The molecule has 6 heteroatoms. The predicted molar refractivity (Wildman–Crippen MR) is 106 cm³/mol. The molecule has 1 heterocycles. The van der Waals surface area contributed by atoms with E-state index in [2.05, 4.69) is 22.0 Å². The zero-order valence-electron chi connectivity index (χ0n) is 14.7. The lowest BCUT2D eigenvalue weighted by atomic mass is 9.97. The zero-order valence-corrected chi connectivity index (χ0v) is 15.6. The maximum atomic E-state index is 12.5. The van der Waals surface area contributed by atoms with Gasteiger partial charge in [-0.2, -0.15) is 0 Å². The molecule has 0 saturated carbocycles. The minimum atomic E-state index is -0.178. The summed E-state index contributed by atoms with van der Waals surface area (Å²) >= 11 is 0. The van der Waals surface area contributed by atoms with Gasteiger partial charge in [-0.15, -0.1) is 12.4 Å². The molecule has 0 aromatic heterocycles. The van der Waals surface area contributed by atoms with Gasteiger partial charge in [-0.1, -0.05) is 18.2 Å². The van der Waals surface area contributed by atoms with Gasteiger partial charge >= 0.3 is 0 Å². The van der Waals surface area contributed by atoms with Crippen LogP contribution in [0.15, 0.2) is 48.5 Å². The van der Waals surface area contributed by atoms with Crippen molar-refractivity contribution in [3.8, 4) is 0 Å². The summed E-state index contributed by atoms with van der Waals surface area (Å²) in [4.78, 5) is 24.2. The fourth-order valence-electron chi connectivity index (χ4n) is 3.15. The van der Waals surface area contributed by atoms with Crippen LogP contribution in [-0.2, 0) is 6.42 Å². The molecule has 0 radical (unpaired) electrons. The number of rotatable bonds is 5. The lowest BCUT2D eigenvalue weighted by Gasteiger charge is -2.11. The Bertz CT molecular complexity index is 773. The monoisotopic (exact) mass is 373 g/mol. The van der Waals surface area contributed by atoms with E-state index in [0.29, 0.717) is 22.7 Å². The van der Waals surface area contributed by atoms with E-state index in [1.54, 1.807) is 31.3 Å². The van der Waals surface area contributed by atoms with E-state index in [1.165, 1.54) is 12.0 Å². The SMILES string of the molecule is CNC(=O)c1cccc(NC(=O)c2cccc(CC3CCNC3)c2)c1.Cl. The van der Waals surface area contributed by atoms with Gasteiger partial charge in [0.1, 0.15) is 0 Å². The summed E-state index contributed by atoms with van der Waals surface area (Å²) in [6.07, 6.45) is 2.17. The van der Waals surface area contributed by atoms with Crippen LogP contribution in [0.25, 0.3) is 0 Å². The molecule has 1 atom stereocenters. The Kier molecular flexibility index (Phi) is 7.18. The first-order valence-corrected chi connectivity index (χ1v) is 8.59. The molecule has 2 aromatic carbocycles. The molecule has 1 aliphatic rings. The smallest absolute Gasteiger partial charge is 0.255 e. The van der Waals surface area contributed by atoms with Crippen molar-refractivity contribution in [1.82, 2.24) is 10.6 Å². The minimum Gasteiger partial charge on any atom is -0.355 e. The Morgan fingerprint density at radius 3 is 2.50 bits per heavy atom. The normalized spacial score (nSPS) is 15.8. The molecule has 1 saturated heterocycles. The van der Waals surface area contributed by atoms with Crippen molar-refractivity contribution >= 4 is 29.9 Å². The number of halogens is 1. The molecule has 1 aliphatic heterocycles. The Morgan fingerprint density at radius 1 is 1.08 bits per heavy atom. The van der Waals surface area contributed by atoms with Gasteiger partial charge in [0.25, 0.3) is 11.8 Å². The maximum absolute atomic E-state index is 12.5. The summed E-state index contributed by atoms with van der Waals surface area (Å²) in [6.45, 7) is 2.12. The van der Waals surface area contributed by atoms with E-state index in [0.717, 1.165) is 19.5 Å². The van der Waals surface area contributed by atoms with Crippen LogP contribution in [0, 0.1) is 5.92 Å². The van der Waals surface area contributed by atoms with Crippen molar-refractivity contribution in [3.63, 3.8) is 0 Å². The molecule has 138 valence electrons. The van der Waals surface area contributed by atoms with Crippen LogP contribution in [-0.4, -0.2) is 32.0 Å². The summed E-state index contributed by atoms with van der Waals surface area (Å²) in [6, 6.07) is 14.7. The number of amides is 2. The van der Waals surface area contributed by atoms with Crippen molar-refractivity contribution in [2.45, 2.75) is 12.8 Å². The topological polar surface area (TPSA) is 70.2 Å². The third-order valence-electron chi connectivity index (χ3n) is 4.49. The Hall–Kier alpha value is -2.37. The van der Waals surface area contributed by atoms with Crippen LogP contribution in [0.3, 0.4) is 0 Å². The van der Waals surface area contributed by atoms with E-state index in [9.17, 15) is 9.59 Å². The summed E-state index contributed by atoms with van der Waals surface area (Å²) in [7, 11) is 1.58. The van der Waals surface area contributed by atoms with Crippen molar-refractivity contribution in [2.75, 3.05) is 25.5 Å². The molecular formula is C20H24ClN3O2. The van der Waals surface area contributed by atoms with Crippen LogP contribution < -0.4 is 16.0 Å². The molecule has 1 unspecified atom stereocenters. The van der Waals surface area contributed by atoms with Crippen molar-refractivity contribution in [2.24, 2.45) is 5.92 Å². The molecule has 0 spiro atoms. The average molecular weight is 374 g/mol. The highest BCUT2D eigenvalue weighted by atomic mass is 35.5. The molecular weight excluding hydrogens is 350 g/mol. The number of benzene rings is 2. The largest absolute Gasteiger partial charge is 0.355 e. The average Bonchev–Trinajstić information content (AvgIpc) is 3.14. The highest BCUT2D eigenvalue weighted by Crippen LogP contribution is 2.17. The van der Waals surface area contributed by atoms with Crippen molar-refractivity contribution in [1.29, 1.82) is 0 Å². The lowest BCUT2D eigenvalue weighted by Crippen LogP contribution is -2.18. The summed E-state index contributed by atoms with van der Waals surface area (Å²) in [5.74, 6) is 0.297. The molecule has 3 rings (SSSR count). The van der Waals surface area contributed by atoms with Gasteiger partial charge in [-0.25, -0.2) is 0 Å². The lowest BCUT2D eigenvalue weighted by molar-refractivity contribution is 0.0961. The summed E-state index contributed by atoms with van der Waals surface area (Å²) in [5.41, 5.74) is 2.94. The molecule has 0 aliphatic carbocycles. The van der Waals surface area contributed by atoms with Gasteiger partial charge < -0.3 is 16.0 Å². The van der Waals surface area contributed by atoms with Gasteiger partial charge in [-0.05, 0) is 67.7 Å². The molecule has 3 N–H and O–H groups in total. The van der Waals surface area contributed by atoms with Crippen LogP contribution in [0.5, 0.6) is 0 Å². The zero-order chi connectivity index (χ0) is 17.6. The first-order valence-electron chi connectivity index (χ1n) is 8.59. The first kappa shape index (κ1) is 19.9. The predicted octanol–water partition coefficient (Wildman–Crippen LogP) is 2.87. The number of hydrogen-bond donors (Lipinski definition) is 3. The van der Waals surface area contributed by atoms with Crippen molar-refractivity contribution < 1.29 is 9.59 Å². The third-order valence-corrected chi connectivity index (χ3v) is 4.49. The Labute approximate surface area is 160 Å². The van der Waals surface area contributed by atoms with Crippen molar-refractivity contribution in [3.05, 3.63) is 65.2 Å². The van der Waals surface area contributed by atoms with E-state index in [-0.39, 0.29) is 24.2 Å². The number of carbonyl (C=O) groups excluding carboxylic acids is 2. The van der Waals surface area contributed by atoms with Gasteiger partial charge in [0.2, 0.25) is 0 Å². The van der Waals surface area contributed by atoms with Crippen LogP contribution in [0.1, 0.15) is 32.7 Å². The molecule has 26 heavy (non-hydrogen) atoms. The van der Waals surface area contributed by atoms with Gasteiger partial charge in [0, 0.05) is 23.9 Å². The van der Waals surface area contributed by atoms with Crippen LogP contribution >= 0.6 is 12.4 Å². The fraction of sp³-hybridized carbons (Fsp3) is 0.300. The number of hydrogen-bond acceptors (Lipinski definition) is 3. The minimum absolute atomic E-state index is 0. The molecule has 1 fully saturated rings. The van der Waals surface area contributed by atoms with Gasteiger partial charge in [-0.3, -0.25) is 9.59 Å². The number of nitrogens with one attached hydrogen (secondary N) is 3. The number of anilines is 1. The Morgan fingerprint density at radius 2 is 1.81 bits per heavy atom. The van der Waals surface area contributed by atoms with Crippen LogP contribution in [0.4, 0.5) is 5.69 Å². The van der Waals surface area contributed by atoms with E-state index < -0.39 is 0 Å². The second-order valence-electron chi connectivity index (χ2n) is 6.38.